The van der Waals surface area contributed by atoms with Gasteiger partial charge < -0.3 is 9.84 Å². The van der Waals surface area contributed by atoms with Gasteiger partial charge in [0, 0.05) is 5.02 Å². The van der Waals surface area contributed by atoms with Gasteiger partial charge in [-0.25, -0.2) is 14.5 Å². The molecule has 0 aromatic heterocycles. The topological polar surface area (TPSA) is 113 Å². The van der Waals surface area contributed by atoms with E-state index in [-0.39, 0.29) is 28.5 Å². The Bertz CT molecular complexity index is 1440. The molecule has 3 aromatic carbocycles. The predicted octanol–water partition coefficient (Wildman–Crippen LogP) is 5.54. The highest BCUT2D eigenvalue weighted by atomic mass is 127. The van der Waals surface area contributed by atoms with Crippen molar-refractivity contribution in [1.29, 1.82) is 0 Å². The van der Waals surface area contributed by atoms with E-state index in [2.05, 4.69) is 27.9 Å². The number of benzene rings is 3. The third kappa shape index (κ3) is 5.53. The maximum absolute atomic E-state index is 13.1. The van der Waals surface area contributed by atoms with Gasteiger partial charge in [-0.1, -0.05) is 41.4 Å². The molecule has 182 valence electrons. The van der Waals surface area contributed by atoms with Crippen LogP contribution in [0, 0.1) is 3.57 Å². The van der Waals surface area contributed by atoms with E-state index in [0.29, 0.717) is 19.9 Å². The molecule has 3 aromatic rings. The molecule has 1 heterocycles. The smallest absolute Gasteiger partial charge is 0.335 e. The normalized spacial score (nSPS) is 14.7. The van der Waals surface area contributed by atoms with Gasteiger partial charge in [0.25, 0.3) is 11.8 Å². The van der Waals surface area contributed by atoms with Gasteiger partial charge >= 0.3 is 12.0 Å². The Morgan fingerprint density at radius 3 is 2.39 bits per heavy atom. The second-order valence-electron chi connectivity index (χ2n) is 7.53. The zero-order chi connectivity index (χ0) is 26.0. The van der Waals surface area contributed by atoms with Gasteiger partial charge in [0.05, 0.1) is 19.8 Å². The van der Waals surface area contributed by atoms with Crippen LogP contribution in [-0.2, 0) is 16.2 Å². The molecule has 1 aliphatic rings. The Morgan fingerprint density at radius 2 is 1.75 bits per heavy atom. The number of aromatic carboxylic acids is 1. The SMILES string of the molecule is O=C1NC(=O)N(c2ccc(Cl)cc2Cl)C(=O)/C1=C/c1ccc(OCc2ccc(C(=O)O)cc2)c(I)c1. The number of carbonyl (C=O) groups excluding carboxylic acids is 3. The van der Waals surface area contributed by atoms with Crippen LogP contribution in [0.2, 0.25) is 10.0 Å². The number of halogens is 3. The Morgan fingerprint density at radius 1 is 1.03 bits per heavy atom. The summed E-state index contributed by atoms with van der Waals surface area (Å²) in [5, 5.41) is 11.5. The average molecular weight is 637 g/mol. The summed E-state index contributed by atoms with van der Waals surface area (Å²) in [6.45, 7) is 0.218. The number of hydrogen-bond acceptors (Lipinski definition) is 5. The lowest BCUT2D eigenvalue weighted by molar-refractivity contribution is -0.122. The Hall–Kier alpha value is -3.41. The van der Waals surface area contributed by atoms with Crippen LogP contribution in [0.15, 0.2) is 66.2 Å². The molecule has 1 fully saturated rings. The number of carboxylic acid groups (broad SMARTS) is 1. The monoisotopic (exact) mass is 636 g/mol. The summed E-state index contributed by atoms with van der Waals surface area (Å²) in [5.41, 5.74) is 1.36. The summed E-state index contributed by atoms with van der Waals surface area (Å²) in [6.07, 6.45) is 1.37. The fraction of sp³-hybridized carbons (Fsp3) is 0.0400. The van der Waals surface area contributed by atoms with Gasteiger partial charge in [0.1, 0.15) is 17.9 Å². The molecular formula is C25H15Cl2IN2O6. The first-order valence-electron chi connectivity index (χ1n) is 10.2. The van der Waals surface area contributed by atoms with E-state index in [1.165, 1.54) is 36.4 Å². The molecule has 0 spiro atoms. The number of anilines is 1. The largest absolute Gasteiger partial charge is 0.488 e. The van der Waals surface area contributed by atoms with Crippen molar-refractivity contribution in [2.75, 3.05) is 4.90 Å². The van der Waals surface area contributed by atoms with Crippen molar-refractivity contribution in [1.82, 2.24) is 5.32 Å². The Labute approximate surface area is 228 Å². The minimum atomic E-state index is -1.00. The predicted molar refractivity (Wildman–Crippen MR) is 142 cm³/mol. The van der Waals surface area contributed by atoms with Crippen LogP contribution < -0.4 is 15.0 Å². The van der Waals surface area contributed by atoms with Crippen LogP contribution in [0.3, 0.4) is 0 Å². The summed E-state index contributed by atoms with van der Waals surface area (Å²) in [4.78, 5) is 49.7. The Balaban J connectivity index is 1.54. The minimum absolute atomic E-state index is 0.0772. The second kappa shape index (κ2) is 10.7. The zero-order valence-electron chi connectivity index (χ0n) is 18.1. The first-order valence-corrected chi connectivity index (χ1v) is 12.1. The average Bonchev–Trinajstić information content (AvgIpc) is 2.82. The summed E-state index contributed by atoms with van der Waals surface area (Å²) in [7, 11) is 0. The van der Waals surface area contributed by atoms with Crippen LogP contribution in [-0.4, -0.2) is 28.9 Å². The van der Waals surface area contributed by atoms with Gasteiger partial charge in [0.2, 0.25) is 0 Å². The van der Waals surface area contributed by atoms with Crippen molar-refractivity contribution >= 4 is 81.4 Å². The molecule has 8 nitrogen and oxygen atoms in total. The number of barbiturate groups is 1. The fourth-order valence-corrected chi connectivity index (χ4v) is 4.52. The summed E-state index contributed by atoms with van der Waals surface area (Å²) in [6, 6.07) is 14.8. The Kier molecular flexibility index (Phi) is 7.62. The lowest BCUT2D eigenvalue weighted by Crippen LogP contribution is -2.54. The maximum atomic E-state index is 13.1. The molecule has 0 bridgehead atoms. The first kappa shape index (κ1) is 25.7. The van der Waals surface area contributed by atoms with Gasteiger partial charge in [-0.3, -0.25) is 14.9 Å². The molecule has 1 aliphatic heterocycles. The number of rotatable bonds is 6. The summed E-state index contributed by atoms with van der Waals surface area (Å²) < 4.78 is 6.53. The third-order valence-corrected chi connectivity index (χ3v) is 6.50. The van der Waals surface area contributed by atoms with Crippen molar-refractivity contribution < 1.29 is 29.0 Å². The number of hydrogen-bond donors (Lipinski definition) is 2. The zero-order valence-corrected chi connectivity index (χ0v) is 21.8. The van der Waals surface area contributed by atoms with E-state index >= 15 is 0 Å². The van der Waals surface area contributed by atoms with Crippen LogP contribution in [0.1, 0.15) is 21.5 Å². The molecule has 0 saturated carbocycles. The van der Waals surface area contributed by atoms with E-state index in [4.69, 9.17) is 33.0 Å². The molecule has 4 rings (SSSR count). The summed E-state index contributed by atoms with van der Waals surface area (Å²) >= 11 is 14.1. The molecule has 0 unspecified atom stereocenters. The fourth-order valence-electron chi connectivity index (χ4n) is 3.33. The molecule has 4 amide bonds. The molecule has 36 heavy (non-hydrogen) atoms. The number of nitrogens with one attached hydrogen (secondary N) is 1. The molecule has 0 atom stereocenters. The molecule has 2 N–H and O–H groups in total. The van der Waals surface area contributed by atoms with Crippen molar-refractivity contribution in [3.63, 3.8) is 0 Å². The minimum Gasteiger partial charge on any atom is -0.488 e. The highest BCUT2D eigenvalue weighted by Gasteiger charge is 2.37. The first-order chi connectivity index (χ1) is 17.1. The van der Waals surface area contributed by atoms with E-state index in [1.54, 1.807) is 30.3 Å². The van der Waals surface area contributed by atoms with E-state index in [1.807, 2.05) is 0 Å². The number of nitrogens with zero attached hydrogens (tertiary/aromatic N) is 1. The van der Waals surface area contributed by atoms with Crippen molar-refractivity contribution in [2.45, 2.75) is 6.61 Å². The van der Waals surface area contributed by atoms with Crippen LogP contribution in [0.25, 0.3) is 6.08 Å². The number of carboxylic acids is 1. The quantitative estimate of drug-likeness (QED) is 0.209. The standard InChI is InChI=1S/C25H15Cl2IN2O6/c26-16-6-7-20(18(27)11-16)30-23(32)17(22(31)29-25(30)35)9-14-3-8-21(19(28)10-14)36-12-13-1-4-15(5-2-13)24(33)34/h1-11H,12H2,(H,33,34)(H,29,31,35)/b17-9+. The van der Waals surface area contributed by atoms with E-state index in [0.717, 1.165) is 10.5 Å². The van der Waals surface area contributed by atoms with Crippen molar-refractivity contribution in [3.05, 3.63) is 96.5 Å². The van der Waals surface area contributed by atoms with Gasteiger partial charge in [-0.2, -0.15) is 0 Å². The number of urea groups is 1. The van der Waals surface area contributed by atoms with Gasteiger partial charge in [-0.15, -0.1) is 0 Å². The number of ether oxygens (including phenoxy) is 1. The van der Waals surface area contributed by atoms with E-state index in [9.17, 15) is 19.2 Å². The lowest BCUT2D eigenvalue weighted by Gasteiger charge is -2.27. The van der Waals surface area contributed by atoms with Crippen molar-refractivity contribution in [3.8, 4) is 5.75 Å². The highest BCUT2D eigenvalue weighted by molar-refractivity contribution is 14.1. The van der Waals surface area contributed by atoms with Crippen molar-refractivity contribution in [2.24, 2.45) is 0 Å². The molecule has 1 saturated heterocycles. The van der Waals surface area contributed by atoms with E-state index < -0.39 is 23.8 Å². The number of carbonyl (C=O) groups is 4. The van der Waals surface area contributed by atoms with Crippen LogP contribution in [0.4, 0.5) is 10.5 Å². The van der Waals surface area contributed by atoms with Gasteiger partial charge in [-0.05, 0) is 82.3 Å². The van der Waals surface area contributed by atoms with Gasteiger partial charge in [0.15, 0.2) is 0 Å². The van der Waals surface area contributed by atoms with Crippen LogP contribution >= 0.6 is 45.8 Å². The molecule has 0 radical (unpaired) electrons. The summed E-state index contributed by atoms with van der Waals surface area (Å²) in [5.74, 6) is -2.10. The maximum Gasteiger partial charge on any atom is 0.335 e. The number of imide groups is 2. The third-order valence-electron chi connectivity index (χ3n) is 5.11. The highest BCUT2D eigenvalue weighted by Crippen LogP contribution is 2.32. The van der Waals surface area contributed by atoms with Crippen LogP contribution in [0.5, 0.6) is 5.75 Å². The lowest BCUT2D eigenvalue weighted by atomic mass is 10.1. The number of amides is 4. The molecule has 11 heteroatoms. The molecular weight excluding hydrogens is 622 g/mol. The molecule has 0 aliphatic carbocycles. The second-order valence-corrected chi connectivity index (χ2v) is 9.54.